The van der Waals surface area contributed by atoms with Crippen LogP contribution in [0.4, 0.5) is 14.5 Å². The number of rotatable bonds is 2. The molecular formula is C12H11F2N5O. The number of halogens is 2. The number of hydrogen-bond donors (Lipinski definition) is 0. The first kappa shape index (κ1) is 12.6. The van der Waals surface area contributed by atoms with E-state index in [4.69, 9.17) is 0 Å². The fraction of sp³-hybridized carbons (Fsp3) is 0.333. The van der Waals surface area contributed by atoms with Gasteiger partial charge in [0.05, 0.1) is 5.69 Å². The van der Waals surface area contributed by atoms with Crippen LogP contribution in [0, 0.1) is 11.6 Å². The number of hydrogen-bond acceptors (Lipinski definition) is 4. The Bertz CT molecular complexity index is 644. The van der Waals surface area contributed by atoms with E-state index in [0.717, 1.165) is 12.1 Å². The molecule has 0 saturated heterocycles. The summed E-state index contributed by atoms with van der Waals surface area (Å²) in [6.45, 7) is 0.247. The molecule has 1 aliphatic heterocycles. The molecule has 0 saturated carbocycles. The fourth-order valence-corrected chi connectivity index (χ4v) is 2.36. The second kappa shape index (κ2) is 4.95. The summed E-state index contributed by atoms with van der Waals surface area (Å²) in [5.74, 6) is -1.45. The summed E-state index contributed by atoms with van der Waals surface area (Å²) in [5, 5.41) is 10.4. The first-order chi connectivity index (χ1) is 9.66. The van der Waals surface area contributed by atoms with Crippen LogP contribution in [0.25, 0.3) is 0 Å². The maximum atomic E-state index is 13.9. The molecule has 0 N–H and O–H groups in total. The smallest absolute Gasteiger partial charge is 0.248 e. The van der Waals surface area contributed by atoms with E-state index in [1.54, 1.807) is 0 Å². The van der Waals surface area contributed by atoms with Gasteiger partial charge in [-0.25, -0.2) is 13.5 Å². The summed E-state index contributed by atoms with van der Waals surface area (Å²) < 4.78 is 28.9. The zero-order valence-electron chi connectivity index (χ0n) is 10.5. The molecule has 104 valence electrons. The van der Waals surface area contributed by atoms with Gasteiger partial charge in [-0.3, -0.25) is 4.79 Å². The normalized spacial score (nSPS) is 14.2. The van der Waals surface area contributed by atoms with Crippen molar-refractivity contribution >= 4 is 11.6 Å². The number of nitrogens with zero attached hydrogens (tertiary/aromatic N) is 5. The molecule has 0 fully saturated rings. The predicted molar refractivity (Wildman–Crippen MR) is 64.8 cm³/mol. The van der Waals surface area contributed by atoms with E-state index >= 15 is 0 Å². The number of anilines is 1. The van der Waals surface area contributed by atoms with Crippen LogP contribution in [0.15, 0.2) is 18.5 Å². The maximum Gasteiger partial charge on any atom is 0.248 e. The second-order valence-corrected chi connectivity index (χ2v) is 4.51. The molecule has 6 nitrogen and oxygen atoms in total. The van der Waals surface area contributed by atoms with Crippen molar-refractivity contribution in [2.75, 3.05) is 11.4 Å². The first-order valence-electron chi connectivity index (χ1n) is 6.15. The number of carbonyl (C=O) groups is 1. The van der Waals surface area contributed by atoms with Gasteiger partial charge in [0.15, 0.2) is 0 Å². The molecule has 1 amide bonds. The molecule has 0 aliphatic carbocycles. The van der Waals surface area contributed by atoms with Crippen LogP contribution in [0.3, 0.4) is 0 Å². The van der Waals surface area contributed by atoms with E-state index in [-0.39, 0.29) is 23.7 Å². The molecular weight excluding hydrogens is 268 g/mol. The lowest BCUT2D eigenvalue weighted by atomic mass is 10.0. The van der Waals surface area contributed by atoms with Crippen molar-refractivity contribution in [2.24, 2.45) is 0 Å². The van der Waals surface area contributed by atoms with Gasteiger partial charge in [0.2, 0.25) is 5.91 Å². The summed E-state index contributed by atoms with van der Waals surface area (Å²) in [4.78, 5) is 13.5. The van der Waals surface area contributed by atoms with Gasteiger partial charge in [0.25, 0.3) is 0 Å². The Morgan fingerprint density at radius 2 is 2.10 bits per heavy atom. The summed E-state index contributed by atoms with van der Waals surface area (Å²) in [7, 11) is 0. The molecule has 2 aromatic rings. The van der Waals surface area contributed by atoms with Gasteiger partial charge in [-0.1, -0.05) is 0 Å². The molecule has 20 heavy (non-hydrogen) atoms. The lowest BCUT2D eigenvalue weighted by Gasteiger charge is -2.29. The number of aromatic nitrogens is 4. The molecule has 0 unspecified atom stereocenters. The SMILES string of the molecule is O=C(Cn1cnnn1)N1CCCc2c(F)ccc(F)c21. The Morgan fingerprint density at radius 1 is 1.30 bits per heavy atom. The molecule has 8 heteroatoms. The van der Waals surface area contributed by atoms with E-state index < -0.39 is 11.6 Å². The van der Waals surface area contributed by atoms with Crippen molar-refractivity contribution in [1.82, 2.24) is 20.2 Å². The Kier molecular flexibility index (Phi) is 3.13. The van der Waals surface area contributed by atoms with Gasteiger partial charge in [-0.15, -0.1) is 5.10 Å². The molecule has 0 spiro atoms. The van der Waals surface area contributed by atoms with E-state index in [9.17, 15) is 13.6 Å². The zero-order valence-corrected chi connectivity index (χ0v) is 10.5. The molecule has 0 atom stereocenters. The van der Waals surface area contributed by atoms with Crippen molar-refractivity contribution in [3.63, 3.8) is 0 Å². The number of tetrazole rings is 1. The highest BCUT2D eigenvalue weighted by Gasteiger charge is 2.28. The predicted octanol–water partition coefficient (Wildman–Crippen LogP) is 0.931. The van der Waals surface area contributed by atoms with Crippen LogP contribution in [-0.2, 0) is 17.8 Å². The molecule has 1 aromatic carbocycles. The largest absolute Gasteiger partial charge is 0.308 e. The van der Waals surface area contributed by atoms with E-state index in [1.807, 2.05) is 0 Å². The Balaban J connectivity index is 1.93. The summed E-state index contributed by atoms with van der Waals surface area (Å²) in [6.07, 6.45) is 2.31. The van der Waals surface area contributed by atoms with Crippen LogP contribution in [0.1, 0.15) is 12.0 Å². The number of fused-ring (bicyclic) bond motifs is 1. The molecule has 0 radical (unpaired) electrons. The van der Waals surface area contributed by atoms with Crippen molar-refractivity contribution in [3.8, 4) is 0 Å². The molecule has 0 bridgehead atoms. The quantitative estimate of drug-likeness (QED) is 0.820. The average Bonchev–Trinajstić information content (AvgIpc) is 2.95. The van der Waals surface area contributed by atoms with Crippen LogP contribution in [-0.4, -0.2) is 32.7 Å². The van der Waals surface area contributed by atoms with Crippen LogP contribution < -0.4 is 4.90 Å². The highest BCUT2D eigenvalue weighted by molar-refractivity contribution is 5.94. The lowest BCUT2D eigenvalue weighted by Crippen LogP contribution is -2.39. The third kappa shape index (κ3) is 2.13. The van der Waals surface area contributed by atoms with E-state index in [0.29, 0.717) is 19.4 Å². The second-order valence-electron chi connectivity index (χ2n) is 4.51. The van der Waals surface area contributed by atoms with Gasteiger partial charge in [0, 0.05) is 12.1 Å². The minimum absolute atomic E-state index is 0.0364. The number of amides is 1. The summed E-state index contributed by atoms with van der Waals surface area (Å²) in [5.41, 5.74) is 0.288. The van der Waals surface area contributed by atoms with Crippen molar-refractivity contribution in [3.05, 3.63) is 35.7 Å². The standard InChI is InChI=1S/C12H11F2N5O/c13-9-3-4-10(14)12-8(9)2-1-5-19(12)11(20)6-18-7-15-16-17-18/h3-4,7H,1-2,5-6H2. The van der Waals surface area contributed by atoms with E-state index in [2.05, 4.69) is 15.5 Å². The van der Waals surface area contributed by atoms with Crippen LogP contribution >= 0.6 is 0 Å². The molecule has 1 aliphatic rings. The van der Waals surface area contributed by atoms with Crippen LogP contribution in [0.2, 0.25) is 0 Å². The molecule has 1 aromatic heterocycles. The van der Waals surface area contributed by atoms with Crippen LogP contribution in [0.5, 0.6) is 0 Å². The average molecular weight is 279 g/mol. The van der Waals surface area contributed by atoms with Gasteiger partial charge in [-0.05, 0) is 35.4 Å². The molecule has 3 rings (SSSR count). The fourth-order valence-electron chi connectivity index (χ4n) is 2.36. The molecule has 2 heterocycles. The highest BCUT2D eigenvalue weighted by atomic mass is 19.1. The van der Waals surface area contributed by atoms with E-state index in [1.165, 1.54) is 15.9 Å². The van der Waals surface area contributed by atoms with Gasteiger partial charge in [-0.2, -0.15) is 0 Å². The monoisotopic (exact) mass is 279 g/mol. The van der Waals surface area contributed by atoms with Crippen molar-refractivity contribution < 1.29 is 13.6 Å². The third-order valence-corrected chi connectivity index (χ3v) is 3.24. The number of carbonyl (C=O) groups excluding carboxylic acids is 1. The maximum absolute atomic E-state index is 13.9. The zero-order chi connectivity index (χ0) is 14.1. The van der Waals surface area contributed by atoms with Crippen molar-refractivity contribution in [2.45, 2.75) is 19.4 Å². The Hall–Kier alpha value is -2.38. The minimum atomic E-state index is -0.592. The van der Waals surface area contributed by atoms with Gasteiger partial charge < -0.3 is 4.90 Å². The Labute approximate surface area is 113 Å². The highest BCUT2D eigenvalue weighted by Crippen LogP contribution is 2.32. The summed E-state index contributed by atoms with van der Waals surface area (Å²) >= 11 is 0. The first-order valence-corrected chi connectivity index (χ1v) is 6.15. The Morgan fingerprint density at radius 3 is 2.85 bits per heavy atom. The third-order valence-electron chi connectivity index (χ3n) is 3.24. The summed E-state index contributed by atoms with van der Waals surface area (Å²) in [6, 6.07) is 2.13. The van der Waals surface area contributed by atoms with Gasteiger partial charge in [0.1, 0.15) is 24.5 Å². The lowest BCUT2D eigenvalue weighted by molar-refractivity contribution is -0.119. The topological polar surface area (TPSA) is 63.9 Å². The number of benzene rings is 1. The van der Waals surface area contributed by atoms with Gasteiger partial charge >= 0.3 is 0 Å². The van der Waals surface area contributed by atoms with Crippen molar-refractivity contribution in [1.29, 1.82) is 0 Å². The minimum Gasteiger partial charge on any atom is -0.308 e.